The van der Waals surface area contributed by atoms with Crippen LogP contribution in [0.5, 0.6) is 0 Å². The summed E-state index contributed by atoms with van der Waals surface area (Å²) in [4.78, 5) is 22.9. The molecule has 0 radical (unpaired) electrons. The number of nitrogens with two attached hydrogens (primary N) is 1. The summed E-state index contributed by atoms with van der Waals surface area (Å²) in [6, 6.07) is -0.0853. The Hall–Kier alpha value is -1.36. The maximum Gasteiger partial charge on any atom is 0.329 e. The standard InChI is InChI=1S/C11H16N2O3/c12-8-3-2-7(6-8)9(14)13-11(10(15)16)4-1-5-11/h2-3,7-8H,1,4-6,12H2,(H,13,14)(H,15,16). The summed E-state index contributed by atoms with van der Waals surface area (Å²) < 4.78 is 0. The van der Waals surface area contributed by atoms with E-state index in [-0.39, 0.29) is 17.9 Å². The van der Waals surface area contributed by atoms with Gasteiger partial charge >= 0.3 is 5.97 Å². The van der Waals surface area contributed by atoms with E-state index in [1.165, 1.54) is 0 Å². The average molecular weight is 224 g/mol. The highest BCUT2D eigenvalue weighted by atomic mass is 16.4. The van der Waals surface area contributed by atoms with E-state index in [9.17, 15) is 9.59 Å². The van der Waals surface area contributed by atoms with Gasteiger partial charge < -0.3 is 16.2 Å². The van der Waals surface area contributed by atoms with Gasteiger partial charge in [0.15, 0.2) is 0 Å². The Kier molecular flexibility index (Phi) is 2.71. The van der Waals surface area contributed by atoms with Crippen molar-refractivity contribution in [3.63, 3.8) is 0 Å². The number of nitrogens with one attached hydrogen (secondary N) is 1. The fraction of sp³-hybridized carbons (Fsp3) is 0.636. The average Bonchev–Trinajstić information content (AvgIpc) is 2.57. The predicted octanol–water partition coefficient (Wildman–Crippen LogP) is 0.0133. The molecular weight excluding hydrogens is 208 g/mol. The van der Waals surface area contributed by atoms with Crippen molar-refractivity contribution in [1.29, 1.82) is 0 Å². The molecule has 2 aliphatic rings. The maximum atomic E-state index is 11.8. The molecule has 2 atom stereocenters. The first-order valence-electron chi connectivity index (χ1n) is 5.53. The van der Waals surface area contributed by atoms with Gasteiger partial charge in [-0.2, -0.15) is 0 Å². The molecule has 0 aromatic rings. The fourth-order valence-electron chi connectivity index (χ4n) is 2.17. The second-order valence-corrected chi connectivity index (χ2v) is 4.62. The smallest absolute Gasteiger partial charge is 0.329 e. The van der Waals surface area contributed by atoms with Gasteiger partial charge in [-0.05, 0) is 25.7 Å². The van der Waals surface area contributed by atoms with E-state index in [4.69, 9.17) is 10.8 Å². The SMILES string of the molecule is NC1C=CC(C(=O)NC2(C(=O)O)CCC2)C1. The molecule has 1 amide bonds. The van der Waals surface area contributed by atoms with Gasteiger partial charge in [0, 0.05) is 6.04 Å². The molecule has 5 heteroatoms. The first kappa shape index (κ1) is 11.1. The normalized spacial score (nSPS) is 30.8. The highest BCUT2D eigenvalue weighted by molar-refractivity contribution is 5.89. The molecule has 2 rings (SSSR count). The summed E-state index contributed by atoms with van der Waals surface area (Å²) in [6.07, 6.45) is 6.02. The lowest BCUT2D eigenvalue weighted by molar-refractivity contribution is -0.152. The number of carbonyl (C=O) groups is 2. The van der Waals surface area contributed by atoms with Crippen LogP contribution in [0.2, 0.25) is 0 Å². The maximum absolute atomic E-state index is 11.8. The molecule has 1 saturated carbocycles. The fourth-order valence-corrected chi connectivity index (χ4v) is 2.17. The molecule has 2 unspecified atom stereocenters. The van der Waals surface area contributed by atoms with Crippen LogP contribution >= 0.6 is 0 Å². The van der Waals surface area contributed by atoms with Gasteiger partial charge in [0.25, 0.3) is 0 Å². The summed E-state index contributed by atoms with van der Waals surface area (Å²) in [5.41, 5.74) is 4.63. The summed E-state index contributed by atoms with van der Waals surface area (Å²) in [5, 5.41) is 11.7. The van der Waals surface area contributed by atoms with Crippen molar-refractivity contribution in [2.75, 3.05) is 0 Å². The summed E-state index contributed by atoms with van der Waals surface area (Å²) in [6.45, 7) is 0. The Bertz CT molecular complexity index is 347. The number of hydrogen-bond donors (Lipinski definition) is 3. The molecule has 16 heavy (non-hydrogen) atoms. The third-order valence-corrected chi connectivity index (χ3v) is 3.43. The monoisotopic (exact) mass is 224 g/mol. The molecule has 2 aliphatic carbocycles. The van der Waals surface area contributed by atoms with Crippen LogP contribution in [0, 0.1) is 5.92 Å². The largest absolute Gasteiger partial charge is 0.480 e. The van der Waals surface area contributed by atoms with Crippen molar-refractivity contribution in [3.8, 4) is 0 Å². The van der Waals surface area contributed by atoms with E-state index in [2.05, 4.69) is 5.32 Å². The van der Waals surface area contributed by atoms with E-state index in [1.54, 1.807) is 12.2 Å². The zero-order chi connectivity index (χ0) is 11.8. The minimum Gasteiger partial charge on any atom is -0.480 e. The number of rotatable bonds is 3. The summed E-state index contributed by atoms with van der Waals surface area (Å²) in [5.74, 6) is -1.42. The topological polar surface area (TPSA) is 92.4 Å². The van der Waals surface area contributed by atoms with Crippen LogP contribution in [0.15, 0.2) is 12.2 Å². The van der Waals surface area contributed by atoms with Gasteiger partial charge in [0.05, 0.1) is 5.92 Å². The lowest BCUT2D eigenvalue weighted by Gasteiger charge is -2.38. The second kappa shape index (κ2) is 3.90. The van der Waals surface area contributed by atoms with E-state index in [1.807, 2.05) is 0 Å². The van der Waals surface area contributed by atoms with Crippen molar-refractivity contribution in [3.05, 3.63) is 12.2 Å². The molecule has 0 spiro atoms. The molecule has 1 fully saturated rings. The Labute approximate surface area is 93.7 Å². The number of amides is 1. The molecule has 0 heterocycles. The minimum atomic E-state index is -1.02. The number of carbonyl (C=O) groups excluding carboxylic acids is 1. The molecule has 0 aromatic carbocycles. The molecule has 88 valence electrons. The van der Waals surface area contributed by atoms with Gasteiger partial charge in [0.1, 0.15) is 5.54 Å². The van der Waals surface area contributed by atoms with E-state index in [0.717, 1.165) is 6.42 Å². The van der Waals surface area contributed by atoms with E-state index < -0.39 is 11.5 Å². The van der Waals surface area contributed by atoms with Crippen molar-refractivity contribution >= 4 is 11.9 Å². The van der Waals surface area contributed by atoms with Crippen molar-refractivity contribution in [2.45, 2.75) is 37.3 Å². The molecule has 0 saturated heterocycles. The molecule has 5 nitrogen and oxygen atoms in total. The molecule has 0 bridgehead atoms. The zero-order valence-electron chi connectivity index (χ0n) is 8.98. The number of aliphatic carboxylic acids is 1. The van der Waals surface area contributed by atoms with Crippen LogP contribution in [0.25, 0.3) is 0 Å². The Morgan fingerprint density at radius 2 is 2.06 bits per heavy atom. The van der Waals surface area contributed by atoms with Crippen molar-refractivity contribution in [2.24, 2.45) is 11.7 Å². The highest BCUT2D eigenvalue weighted by Gasteiger charge is 2.46. The molecule has 0 aliphatic heterocycles. The van der Waals surface area contributed by atoms with Gasteiger partial charge in [-0.1, -0.05) is 12.2 Å². The molecular formula is C11H16N2O3. The predicted molar refractivity (Wildman–Crippen MR) is 57.6 cm³/mol. The van der Waals surface area contributed by atoms with Crippen molar-refractivity contribution < 1.29 is 14.7 Å². The zero-order valence-corrected chi connectivity index (χ0v) is 8.98. The van der Waals surface area contributed by atoms with Gasteiger partial charge in [-0.3, -0.25) is 4.79 Å². The summed E-state index contributed by atoms with van der Waals surface area (Å²) >= 11 is 0. The number of carboxylic acid groups (broad SMARTS) is 1. The summed E-state index contributed by atoms with van der Waals surface area (Å²) in [7, 11) is 0. The Morgan fingerprint density at radius 3 is 2.44 bits per heavy atom. The molecule has 4 N–H and O–H groups in total. The van der Waals surface area contributed by atoms with Crippen LogP contribution in [0.1, 0.15) is 25.7 Å². The molecule has 0 aromatic heterocycles. The van der Waals surface area contributed by atoms with Crippen LogP contribution < -0.4 is 11.1 Å². The minimum absolute atomic E-state index is 0.0853. The first-order chi connectivity index (χ1) is 7.53. The quantitative estimate of drug-likeness (QED) is 0.589. The van der Waals surface area contributed by atoms with Gasteiger partial charge in [0.2, 0.25) is 5.91 Å². The van der Waals surface area contributed by atoms with Gasteiger partial charge in [-0.25, -0.2) is 4.79 Å². The Balaban J connectivity index is 1.97. The van der Waals surface area contributed by atoms with E-state index >= 15 is 0 Å². The lowest BCUT2D eigenvalue weighted by Crippen LogP contribution is -2.60. The van der Waals surface area contributed by atoms with Crippen LogP contribution in [-0.4, -0.2) is 28.6 Å². The van der Waals surface area contributed by atoms with Crippen LogP contribution in [0.4, 0.5) is 0 Å². The van der Waals surface area contributed by atoms with Gasteiger partial charge in [-0.15, -0.1) is 0 Å². The second-order valence-electron chi connectivity index (χ2n) is 4.62. The van der Waals surface area contributed by atoms with Crippen LogP contribution in [-0.2, 0) is 9.59 Å². The van der Waals surface area contributed by atoms with E-state index in [0.29, 0.717) is 19.3 Å². The first-order valence-corrected chi connectivity index (χ1v) is 5.53. The third-order valence-electron chi connectivity index (χ3n) is 3.43. The highest BCUT2D eigenvalue weighted by Crippen LogP contribution is 2.32. The third kappa shape index (κ3) is 1.82. The van der Waals surface area contributed by atoms with Crippen LogP contribution in [0.3, 0.4) is 0 Å². The lowest BCUT2D eigenvalue weighted by atomic mass is 9.76. The van der Waals surface area contributed by atoms with Crippen molar-refractivity contribution in [1.82, 2.24) is 5.32 Å². The Morgan fingerprint density at radius 1 is 1.38 bits per heavy atom. The number of hydrogen-bond acceptors (Lipinski definition) is 3. The number of carboxylic acids is 1.